The molecule has 21 heavy (non-hydrogen) atoms. The van der Waals surface area contributed by atoms with Crippen molar-refractivity contribution in [3.8, 4) is 0 Å². The maximum absolute atomic E-state index is 5.56. The summed E-state index contributed by atoms with van der Waals surface area (Å²) in [7, 11) is 1.68. The third-order valence-corrected chi connectivity index (χ3v) is 4.51. The molecule has 0 fully saturated rings. The molecule has 0 aliphatic carbocycles. The molecule has 114 valence electrons. The molecule has 4 heteroatoms. The van der Waals surface area contributed by atoms with Gasteiger partial charge in [0.15, 0.2) is 0 Å². The lowest BCUT2D eigenvalue weighted by atomic mass is 10.1. The summed E-state index contributed by atoms with van der Waals surface area (Å²) in [6, 6.07) is 10.9. The Hall–Kier alpha value is -1.36. The quantitative estimate of drug-likeness (QED) is 0.734. The van der Waals surface area contributed by atoms with Gasteiger partial charge in [0, 0.05) is 17.7 Å². The topological polar surface area (TPSA) is 30.5 Å². The van der Waals surface area contributed by atoms with Crippen molar-refractivity contribution in [2.24, 2.45) is 0 Å². The molecule has 1 atom stereocenters. The van der Waals surface area contributed by atoms with Gasteiger partial charge in [0.1, 0.15) is 0 Å². The first-order chi connectivity index (χ1) is 10.2. The summed E-state index contributed by atoms with van der Waals surface area (Å²) < 4.78 is 10.5. The molecule has 0 saturated heterocycles. The van der Waals surface area contributed by atoms with Gasteiger partial charge in [-0.05, 0) is 48.6 Å². The van der Waals surface area contributed by atoms with E-state index >= 15 is 0 Å². The number of hydrogen-bond donors (Lipinski definition) is 1. The minimum atomic E-state index is 0.314. The summed E-state index contributed by atoms with van der Waals surface area (Å²) in [5.41, 5.74) is 3.65. The fourth-order valence-electron chi connectivity index (χ4n) is 2.23. The molecule has 1 N–H and O–H groups in total. The largest absolute Gasteiger partial charge is 0.382 e. The van der Waals surface area contributed by atoms with Crippen LogP contribution in [-0.2, 0) is 16.1 Å². The van der Waals surface area contributed by atoms with Gasteiger partial charge >= 0.3 is 0 Å². The summed E-state index contributed by atoms with van der Waals surface area (Å²) in [4.78, 5) is 1.39. The van der Waals surface area contributed by atoms with E-state index in [0.717, 1.165) is 5.69 Å². The smallest absolute Gasteiger partial charge is 0.0718 e. The van der Waals surface area contributed by atoms with Gasteiger partial charge in [0.05, 0.1) is 25.9 Å². The molecular formula is C17H23NO2S. The second-order valence-electron chi connectivity index (χ2n) is 5.08. The first-order valence-corrected chi connectivity index (χ1v) is 8.05. The van der Waals surface area contributed by atoms with Crippen LogP contribution in [0.2, 0.25) is 0 Å². The van der Waals surface area contributed by atoms with Crippen LogP contribution in [0.1, 0.15) is 29.0 Å². The van der Waals surface area contributed by atoms with Crippen LogP contribution in [0.15, 0.2) is 35.7 Å². The molecule has 0 saturated carbocycles. The van der Waals surface area contributed by atoms with E-state index in [-0.39, 0.29) is 0 Å². The highest BCUT2D eigenvalue weighted by Gasteiger charge is 2.09. The average Bonchev–Trinajstić information content (AvgIpc) is 2.90. The molecule has 0 bridgehead atoms. The van der Waals surface area contributed by atoms with Crippen molar-refractivity contribution < 1.29 is 9.47 Å². The van der Waals surface area contributed by atoms with Crippen LogP contribution in [0.5, 0.6) is 0 Å². The van der Waals surface area contributed by atoms with E-state index in [4.69, 9.17) is 9.47 Å². The number of rotatable bonds is 8. The Morgan fingerprint density at radius 2 is 2.10 bits per heavy atom. The highest BCUT2D eigenvalue weighted by atomic mass is 32.1. The lowest BCUT2D eigenvalue weighted by Gasteiger charge is -2.16. The van der Waals surface area contributed by atoms with E-state index in [1.807, 2.05) is 0 Å². The highest BCUT2D eigenvalue weighted by molar-refractivity contribution is 7.10. The molecule has 2 rings (SSSR count). The Morgan fingerprint density at radius 1 is 1.24 bits per heavy atom. The fraction of sp³-hybridized carbons (Fsp3) is 0.412. The summed E-state index contributed by atoms with van der Waals surface area (Å²) >= 11 is 1.80. The van der Waals surface area contributed by atoms with Crippen LogP contribution < -0.4 is 5.32 Å². The Morgan fingerprint density at radius 3 is 2.81 bits per heavy atom. The van der Waals surface area contributed by atoms with Gasteiger partial charge in [-0.2, -0.15) is 0 Å². The number of anilines is 1. The van der Waals surface area contributed by atoms with Crippen LogP contribution >= 0.6 is 11.3 Å². The predicted molar refractivity (Wildman–Crippen MR) is 89.1 cm³/mol. The Labute approximate surface area is 130 Å². The zero-order valence-corrected chi connectivity index (χ0v) is 13.7. The average molecular weight is 305 g/mol. The van der Waals surface area contributed by atoms with Crippen LogP contribution in [0.3, 0.4) is 0 Å². The summed E-state index contributed by atoms with van der Waals surface area (Å²) in [5.74, 6) is 0. The SMILES string of the molecule is COCCOCc1cccc(NC(C)c2sccc2C)c1. The van der Waals surface area contributed by atoms with Gasteiger partial charge in [0.2, 0.25) is 0 Å². The van der Waals surface area contributed by atoms with Crippen molar-refractivity contribution in [2.45, 2.75) is 26.5 Å². The molecule has 1 aromatic heterocycles. The molecule has 3 nitrogen and oxygen atoms in total. The van der Waals surface area contributed by atoms with Gasteiger partial charge in [-0.1, -0.05) is 12.1 Å². The first-order valence-electron chi connectivity index (χ1n) is 7.17. The van der Waals surface area contributed by atoms with Crippen molar-refractivity contribution in [1.82, 2.24) is 0 Å². The fourth-order valence-corrected chi connectivity index (χ4v) is 3.16. The molecule has 0 spiro atoms. The molecule has 0 amide bonds. The monoisotopic (exact) mass is 305 g/mol. The molecule has 0 aliphatic heterocycles. The van der Waals surface area contributed by atoms with Gasteiger partial charge in [-0.15, -0.1) is 11.3 Å². The Bertz CT molecular complexity index is 553. The molecule has 0 aliphatic rings. The number of methoxy groups -OCH3 is 1. The van der Waals surface area contributed by atoms with E-state index in [0.29, 0.717) is 25.9 Å². The number of thiophene rings is 1. The maximum atomic E-state index is 5.56. The Balaban J connectivity index is 1.93. The highest BCUT2D eigenvalue weighted by Crippen LogP contribution is 2.27. The van der Waals surface area contributed by atoms with Gasteiger partial charge < -0.3 is 14.8 Å². The van der Waals surface area contributed by atoms with Gasteiger partial charge in [-0.25, -0.2) is 0 Å². The van der Waals surface area contributed by atoms with Crippen molar-refractivity contribution >= 4 is 17.0 Å². The summed E-state index contributed by atoms with van der Waals surface area (Å²) in [6.45, 7) is 6.22. The summed E-state index contributed by atoms with van der Waals surface area (Å²) in [5, 5.41) is 5.70. The van der Waals surface area contributed by atoms with E-state index in [1.54, 1.807) is 18.4 Å². The van der Waals surface area contributed by atoms with Crippen LogP contribution in [0, 0.1) is 6.92 Å². The number of benzene rings is 1. The van der Waals surface area contributed by atoms with Crippen LogP contribution in [-0.4, -0.2) is 20.3 Å². The van der Waals surface area contributed by atoms with E-state index in [1.165, 1.54) is 16.0 Å². The minimum Gasteiger partial charge on any atom is -0.382 e. The van der Waals surface area contributed by atoms with Crippen molar-refractivity contribution in [1.29, 1.82) is 0 Å². The molecule has 2 aromatic rings. The van der Waals surface area contributed by atoms with E-state index < -0.39 is 0 Å². The Kier molecular flexibility index (Phi) is 6.23. The zero-order chi connectivity index (χ0) is 15.1. The predicted octanol–water partition coefficient (Wildman–Crippen LogP) is 4.39. The third kappa shape index (κ3) is 4.84. The molecular weight excluding hydrogens is 282 g/mol. The molecule has 1 aromatic carbocycles. The number of ether oxygens (including phenoxy) is 2. The normalized spacial score (nSPS) is 12.3. The van der Waals surface area contributed by atoms with Gasteiger partial charge in [0.25, 0.3) is 0 Å². The van der Waals surface area contributed by atoms with E-state index in [2.05, 4.69) is 54.9 Å². The molecule has 1 unspecified atom stereocenters. The second kappa shape index (κ2) is 8.17. The van der Waals surface area contributed by atoms with Crippen molar-refractivity contribution in [3.05, 3.63) is 51.7 Å². The van der Waals surface area contributed by atoms with Gasteiger partial charge in [-0.3, -0.25) is 0 Å². The standard InChI is InChI=1S/C17H23NO2S/c1-13-7-10-21-17(13)14(2)18-16-6-4-5-15(11-16)12-20-9-8-19-3/h4-7,10-11,14,18H,8-9,12H2,1-3H3. The van der Waals surface area contributed by atoms with Crippen LogP contribution in [0.4, 0.5) is 5.69 Å². The van der Waals surface area contributed by atoms with Crippen molar-refractivity contribution in [3.63, 3.8) is 0 Å². The molecule has 0 radical (unpaired) electrons. The zero-order valence-electron chi connectivity index (χ0n) is 12.9. The lowest BCUT2D eigenvalue weighted by molar-refractivity contribution is 0.0617. The first kappa shape index (κ1) is 16.0. The number of aryl methyl sites for hydroxylation is 1. The number of hydrogen-bond acceptors (Lipinski definition) is 4. The number of nitrogens with one attached hydrogen (secondary N) is 1. The third-order valence-electron chi connectivity index (χ3n) is 3.31. The second-order valence-corrected chi connectivity index (χ2v) is 6.03. The van der Waals surface area contributed by atoms with Crippen molar-refractivity contribution in [2.75, 3.05) is 25.6 Å². The maximum Gasteiger partial charge on any atom is 0.0718 e. The van der Waals surface area contributed by atoms with E-state index in [9.17, 15) is 0 Å². The van der Waals surface area contributed by atoms with Crippen LogP contribution in [0.25, 0.3) is 0 Å². The lowest BCUT2D eigenvalue weighted by Crippen LogP contribution is -2.07. The minimum absolute atomic E-state index is 0.314. The summed E-state index contributed by atoms with van der Waals surface area (Å²) in [6.07, 6.45) is 0. The molecule has 1 heterocycles.